The van der Waals surface area contributed by atoms with Gasteiger partial charge in [0.15, 0.2) is 6.29 Å². The second-order valence-electron chi connectivity index (χ2n) is 38.1. The molecule has 11 aliphatic carbocycles. The molecule has 0 aromatic carbocycles. The lowest BCUT2D eigenvalue weighted by Crippen LogP contribution is -2.52. The predicted octanol–water partition coefficient (Wildman–Crippen LogP) is 29.1. The first-order chi connectivity index (χ1) is 45.4. The SMILES string of the molecule is C.C.C.C.C.C.C.C.C.C.CCC(C)(C)C(=O)OC(C)OC1CC2CC1C1C3CCC(C3)C21.CCC(C)(C)C(=O)OC1(C(C)C)CC2CC1C1C3CCC(C3)C21.CCC(C)(C)C(=O)OC1(C(C)C)CCCC1.CCC(C)(C)C(=O)OC1(C)CCCCCCC1.CCC1(OC(=O)C(C)(C)CC)CCCCCCC1. The van der Waals surface area contributed by atoms with Gasteiger partial charge in [-0.15, -0.1) is 0 Å². The third-order valence-electron chi connectivity index (χ3n) is 29.3. The smallest absolute Gasteiger partial charge is 0.313 e. The van der Waals surface area contributed by atoms with E-state index in [1.54, 1.807) is 0 Å². The van der Waals surface area contributed by atoms with Gasteiger partial charge in [-0.3, -0.25) is 24.0 Å². The molecule has 0 spiro atoms. The third-order valence-corrected chi connectivity index (χ3v) is 29.3. The van der Waals surface area contributed by atoms with Gasteiger partial charge < -0.3 is 28.4 Å². The highest BCUT2D eigenvalue weighted by Crippen LogP contribution is 2.72. The fourth-order valence-electron chi connectivity index (χ4n) is 20.4. The van der Waals surface area contributed by atoms with Gasteiger partial charge in [0.2, 0.25) is 0 Å². The molecule has 15 unspecified atom stereocenters. The molecule has 8 bridgehead atoms. The molecule has 0 aromatic rings. The Kier molecular flexibility index (Phi) is 47.0. The van der Waals surface area contributed by atoms with Gasteiger partial charge in [-0.1, -0.05) is 182 Å². The lowest BCUT2D eigenvalue weighted by Gasteiger charge is -2.49. The average molecular weight is 1520 g/mol. The number of carbonyl (C=O) groups is 5. The van der Waals surface area contributed by atoms with E-state index in [9.17, 15) is 24.0 Å². The standard InChI is InChI=1S/C21H34O2.C20H32O3.C16H30O2.C15H28O2.C14H26O2.10CH4/c1-6-20(4,5)19(22)23-21(12(2)3)11-15-10-16(21)18-14-8-7-13(9-14)17(15)18;1-5-20(3,4)19(21)23-11(2)22-16-10-14-9-15(16)18-13-7-6-12(8-13)17(14)18;1-5-15(3,4)14(17)18-16(6-2)12-10-8-7-9-11-13-16;1-5-14(2,3)13(16)17-15(4)11-9-7-6-8-10-12-15;1-6-13(4,5)12(15)16-14(11(2)3)9-7-8-10-14;;;;;;;;;;/h12-18H,6-11H2,1-5H3;11-18H,5-10H2,1-4H3;5-13H2,1-4H3;5-12H2,1-4H3;11H,6-10H2,1-5H3;10*1H4. The van der Waals surface area contributed by atoms with Gasteiger partial charge in [-0.2, -0.15) is 0 Å². The molecule has 0 aliphatic heterocycles. The van der Waals surface area contributed by atoms with Crippen molar-refractivity contribution >= 4 is 29.8 Å². The largest absolute Gasteiger partial charge is 0.459 e. The second-order valence-corrected chi connectivity index (χ2v) is 38.1. The summed E-state index contributed by atoms with van der Waals surface area (Å²) in [5.74, 6) is 11.6. The molecule has 11 rings (SSSR count). The molecule has 15 atom stereocenters. The molecule has 11 nitrogen and oxygen atoms in total. The van der Waals surface area contributed by atoms with Crippen LogP contribution in [0.4, 0.5) is 0 Å². The minimum absolute atomic E-state index is 0. The van der Waals surface area contributed by atoms with Crippen molar-refractivity contribution in [2.45, 2.75) is 480 Å². The number of hydrogen-bond donors (Lipinski definition) is 0. The van der Waals surface area contributed by atoms with Gasteiger partial charge in [0, 0.05) is 5.92 Å². The van der Waals surface area contributed by atoms with Crippen LogP contribution in [0, 0.1) is 110 Å². The first-order valence-electron chi connectivity index (χ1n) is 41.2. The van der Waals surface area contributed by atoms with E-state index < -0.39 is 11.7 Å². The monoisotopic (exact) mass is 1520 g/mol. The fourth-order valence-corrected chi connectivity index (χ4v) is 20.4. The van der Waals surface area contributed by atoms with Crippen LogP contribution in [-0.4, -0.2) is 64.6 Å². The van der Waals surface area contributed by atoms with Gasteiger partial charge in [0.1, 0.15) is 22.4 Å². The quantitative estimate of drug-likeness (QED) is 0.0498. The summed E-state index contributed by atoms with van der Waals surface area (Å²) in [5, 5.41) is 0. The van der Waals surface area contributed by atoms with Crippen LogP contribution in [0.5, 0.6) is 0 Å². The molecule has 640 valence electrons. The van der Waals surface area contributed by atoms with E-state index in [1.165, 1.54) is 135 Å². The van der Waals surface area contributed by atoms with Gasteiger partial charge in [0.05, 0.1) is 33.2 Å². The summed E-state index contributed by atoms with van der Waals surface area (Å²) in [5.41, 5.74) is -2.53. The average Bonchev–Trinajstić information content (AvgIpc) is 1.54. The minimum Gasteiger partial charge on any atom is -0.459 e. The Bertz CT molecular complexity index is 2530. The number of carbonyl (C=O) groups excluding carboxylic acids is 5. The summed E-state index contributed by atoms with van der Waals surface area (Å²) in [6.45, 7) is 45.2. The van der Waals surface area contributed by atoms with E-state index in [-0.39, 0.29) is 148 Å². The van der Waals surface area contributed by atoms with E-state index in [0.29, 0.717) is 23.9 Å². The zero-order chi connectivity index (χ0) is 71.9. The van der Waals surface area contributed by atoms with Crippen LogP contribution < -0.4 is 0 Å². The molecule has 11 heteroatoms. The molecule has 0 aromatic heterocycles. The number of fused-ring (bicyclic) bond motifs is 18. The first kappa shape index (κ1) is 111. The predicted molar refractivity (Wildman–Crippen MR) is 460 cm³/mol. The Balaban J connectivity index is -0.000000611. The highest BCUT2D eigenvalue weighted by molar-refractivity contribution is 5.78. The molecule has 11 saturated carbocycles. The van der Waals surface area contributed by atoms with Crippen LogP contribution in [0.2, 0.25) is 0 Å². The summed E-state index contributed by atoms with van der Waals surface area (Å²) < 4.78 is 35.9. The molecule has 0 radical (unpaired) electrons. The van der Waals surface area contributed by atoms with Crippen LogP contribution >= 0.6 is 0 Å². The topological polar surface area (TPSA) is 141 Å². The van der Waals surface area contributed by atoms with Crippen molar-refractivity contribution in [1.29, 1.82) is 0 Å². The normalized spacial score (nSPS) is 29.9. The van der Waals surface area contributed by atoms with Crippen LogP contribution in [-0.2, 0) is 52.4 Å². The van der Waals surface area contributed by atoms with Crippen LogP contribution in [0.1, 0.15) is 445 Å². The first-order valence-corrected chi connectivity index (χ1v) is 41.2. The van der Waals surface area contributed by atoms with Gasteiger partial charge in [-0.25, -0.2) is 0 Å². The third kappa shape index (κ3) is 25.7. The zero-order valence-electron chi connectivity index (χ0n) is 66.8. The van der Waals surface area contributed by atoms with Crippen molar-refractivity contribution in [2.24, 2.45) is 110 Å². The Morgan fingerprint density at radius 1 is 0.364 bits per heavy atom. The minimum atomic E-state index is -0.415. The molecule has 11 fully saturated rings. The molecule has 11 aliphatic rings. The van der Waals surface area contributed by atoms with Crippen molar-refractivity contribution in [3.63, 3.8) is 0 Å². The van der Waals surface area contributed by atoms with E-state index in [2.05, 4.69) is 55.4 Å². The van der Waals surface area contributed by atoms with Crippen molar-refractivity contribution in [2.75, 3.05) is 0 Å². The number of ether oxygens (including phenoxy) is 6. The molecule has 0 amide bonds. The summed E-state index contributed by atoms with van der Waals surface area (Å²) in [6.07, 6.45) is 40.1. The number of rotatable bonds is 20. The van der Waals surface area contributed by atoms with E-state index in [1.807, 2.05) is 96.9 Å². The molecular formula is C96H190O11. The summed E-state index contributed by atoms with van der Waals surface area (Å²) in [7, 11) is 0. The van der Waals surface area contributed by atoms with Crippen LogP contribution in [0.25, 0.3) is 0 Å². The lowest BCUT2D eigenvalue weighted by atomic mass is 9.63. The molecule has 0 N–H and O–H groups in total. The van der Waals surface area contributed by atoms with Crippen molar-refractivity contribution in [3.05, 3.63) is 0 Å². The van der Waals surface area contributed by atoms with E-state index >= 15 is 0 Å². The van der Waals surface area contributed by atoms with E-state index in [4.69, 9.17) is 28.4 Å². The Labute approximate surface area is 668 Å². The second kappa shape index (κ2) is 45.4. The summed E-state index contributed by atoms with van der Waals surface area (Å²) >= 11 is 0. The molecular weight excluding hydrogens is 1330 g/mol. The van der Waals surface area contributed by atoms with Crippen molar-refractivity contribution < 1.29 is 52.4 Å². The number of hydrogen-bond acceptors (Lipinski definition) is 11. The van der Waals surface area contributed by atoms with Gasteiger partial charge in [-0.05, 0) is 340 Å². The Morgan fingerprint density at radius 3 is 1.13 bits per heavy atom. The molecule has 0 saturated heterocycles. The maximum absolute atomic E-state index is 12.9. The van der Waals surface area contributed by atoms with Gasteiger partial charge >= 0.3 is 29.8 Å². The van der Waals surface area contributed by atoms with Crippen molar-refractivity contribution in [1.82, 2.24) is 0 Å². The lowest BCUT2D eigenvalue weighted by molar-refractivity contribution is -0.202. The highest BCUT2D eigenvalue weighted by Gasteiger charge is 2.69. The maximum atomic E-state index is 12.9. The summed E-state index contributed by atoms with van der Waals surface area (Å²) in [4.78, 5) is 61.7. The van der Waals surface area contributed by atoms with Crippen molar-refractivity contribution in [3.8, 4) is 0 Å². The molecule has 0 heterocycles. The number of esters is 5. The van der Waals surface area contributed by atoms with Gasteiger partial charge in [0.25, 0.3) is 0 Å². The van der Waals surface area contributed by atoms with E-state index in [0.717, 1.165) is 149 Å². The Morgan fingerprint density at radius 2 is 0.720 bits per heavy atom. The van der Waals surface area contributed by atoms with Crippen LogP contribution in [0.15, 0.2) is 0 Å². The summed E-state index contributed by atoms with van der Waals surface area (Å²) in [6, 6.07) is 0. The van der Waals surface area contributed by atoms with Crippen LogP contribution in [0.3, 0.4) is 0 Å². The molecule has 107 heavy (non-hydrogen) atoms. The Hall–Kier alpha value is -2.69. The zero-order valence-corrected chi connectivity index (χ0v) is 66.8. The fraction of sp³-hybridized carbons (Fsp3) is 0.948. The maximum Gasteiger partial charge on any atom is 0.313 e. The highest BCUT2D eigenvalue weighted by atomic mass is 16.7.